The van der Waals surface area contributed by atoms with E-state index < -0.39 is 17.2 Å². The minimum Gasteiger partial charge on any atom is -0.383 e. The van der Waals surface area contributed by atoms with Crippen molar-refractivity contribution in [1.29, 1.82) is 10.5 Å². The van der Waals surface area contributed by atoms with Gasteiger partial charge in [-0.2, -0.15) is 10.5 Å². The summed E-state index contributed by atoms with van der Waals surface area (Å²) in [6.07, 6.45) is 0. The Morgan fingerprint density at radius 1 is 1.26 bits per heavy atom. The van der Waals surface area contributed by atoms with Crippen molar-refractivity contribution in [2.75, 3.05) is 5.73 Å². The van der Waals surface area contributed by atoms with Crippen LogP contribution < -0.4 is 16.4 Å². The molecule has 1 atom stereocenters. The number of amides is 3. The Kier molecular flexibility index (Phi) is 6.36. The topological polar surface area (TPSA) is 145 Å². The maximum Gasteiger partial charge on any atom is 0.321 e. The Morgan fingerprint density at radius 3 is 2.39 bits per heavy atom. The van der Waals surface area contributed by atoms with E-state index in [1.807, 2.05) is 12.1 Å². The number of hydrogen-bond acceptors (Lipinski definition) is 7. The number of aromatic nitrogens is 1. The van der Waals surface area contributed by atoms with Crippen LogP contribution in [-0.2, 0) is 4.79 Å². The van der Waals surface area contributed by atoms with E-state index in [0.29, 0.717) is 0 Å². The molecule has 0 aromatic carbocycles. The first-order valence-corrected chi connectivity index (χ1v) is 7.55. The highest BCUT2D eigenvalue weighted by Crippen LogP contribution is 2.27. The Morgan fingerprint density at radius 2 is 1.87 bits per heavy atom. The standard InChI is InChI=1S/C14H16N6O2S/c1-7(2)18-14(22)20-12(21)8(3)23-13-10(6-16)4-9(5-15)11(17)19-13/h4,7-8H,1-3H3,(H2,17,19)(H2,18,20,21,22)/t8-/m1/s1. The molecule has 9 heteroatoms. The molecule has 0 aliphatic rings. The normalized spacial score (nSPS) is 11.2. The summed E-state index contributed by atoms with van der Waals surface area (Å²) in [5.41, 5.74) is 5.86. The Balaban J connectivity index is 2.85. The molecule has 0 aliphatic heterocycles. The van der Waals surface area contributed by atoms with Gasteiger partial charge in [0.25, 0.3) is 0 Å². The number of nitriles is 2. The third-order valence-corrected chi connectivity index (χ3v) is 3.67. The lowest BCUT2D eigenvalue weighted by atomic mass is 10.2. The van der Waals surface area contributed by atoms with Gasteiger partial charge in [-0.15, -0.1) is 0 Å². The minimum atomic E-state index is -0.681. The number of hydrogen-bond donors (Lipinski definition) is 3. The van der Waals surface area contributed by atoms with Gasteiger partial charge in [0.15, 0.2) is 0 Å². The van der Waals surface area contributed by atoms with Crippen molar-refractivity contribution in [3.8, 4) is 12.1 Å². The number of anilines is 1. The van der Waals surface area contributed by atoms with Gasteiger partial charge < -0.3 is 11.1 Å². The van der Waals surface area contributed by atoms with Gasteiger partial charge in [0.2, 0.25) is 5.91 Å². The highest BCUT2D eigenvalue weighted by molar-refractivity contribution is 8.00. The van der Waals surface area contributed by atoms with E-state index in [0.717, 1.165) is 11.8 Å². The summed E-state index contributed by atoms with van der Waals surface area (Å²) in [7, 11) is 0. The van der Waals surface area contributed by atoms with Gasteiger partial charge in [-0.05, 0) is 26.8 Å². The summed E-state index contributed by atoms with van der Waals surface area (Å²) in [6, 6.07) is 4.37. The summed E-state index contributed by atoms with van der Waals surface area (Å²) >= 11 is 0.982. The highest BCUT2D eigenvalue weighted by atomic mass is 32.2. The van der Waals surface area contributed by atoms with E-state index in [4.69, 9.17) is 16.3 Å². The number of nitrogen functional groups attached to an aromatic ring is 1. The molecule has 1 aromatic heterocycles. The molecule has 0 bridgehead atoms. The molecule has 3 amide bonds. The fourth-order valence-corrected chi connectivity index (χ4v) is 2.39. The number of rotatable bonds is 4. The average Bonchev–Trinajstić information content (AvgIpc) is 2.46. The maximum absolute atomic E-state index is 12.0. The minimum absolute atomic E-state index is 0.0147. The molecule has 120 valence electrons. The van der Waals surface area contributed by atoms with E-state index in [1.165, 1.54) is 6.07 Å². The molecule has 23 heavy (non-hydrogen) atoms. The van der Waals surface area contributed by atoms with Crippen molar-refractivity contribution in [2.24, 2.45) is 0 Å². The van der Waals surface area contributed by atoms with Crippen LogP contribution in [0.1, 0.15) is 31.9 Å². The first kappa shape index (κ1) is 18.3. The number of pyridine rings is 1. The number of thioether (sulfide) groups is 1. The second kappa shape index (κ2) is 8.01. The highest BCUT2D eigenvalue weighted by Gasteiger charge is 2.20. The van der Waals surface area contributed by atoms with Gasteiger partial charge in [-0.3, -0.25) is 10.1 Å². The first-order valence-electron chi connectivity index (χ1n) is 6.67. The molecule has 8 nitrogen and oxygen atoms in total. The van der Waals surface area contributed by atoms with Crippen molar-refractivity contribution in [3.63, 3.8) is 0 Å². The lowest BCUT2D eigenvalue weighted by Gasteiger charge is -2.13. The second-order valence-electron chi connectivity index (χ2n) is 4.87. The molecule has 0 unspecified atom stereocenters. The zero-order chi connectivity index (χ0) is 17.6. The molecule has 0 saturated heterocycles. The van der Waals surface area contributed by atoms with E-state index in [2.05, 4.69) is 15.6 Å². The summed E-state index contributed by atoms with van der Waals surface area (Å²) in [4.78, 5) is 27.4. The molecule has 0 radical (unpaired) electrons. The fourth-order valence-electron chi connectivity index (χ4n) is 1.50. The number of carbonyl (C=O) groups excluding carboxylic acids is 2. The molecule has 1 rings (SSSR count). The number of nitrogens with two attached hydrogens (primary N) is 1. The smallest absolute Gasteiger partial charge is 0.321 e. The lowest BCUT2D eigenvalue weighted by molar-refractivity contribution is -0.119. The van der Waals surface area contributed by atoms with E-state index in [1.54, 1.807) is 20.8 Å². The van der Waals surface area contributed by atoms with E-state index >= 15 is 0 Å². The fraction of sp³-hybridized carbons (Fsp3) is 0.357. The van der Waals surface area contributed by atoms with Gasteiger partial charge in [0, 0.05) is 6.04 Å². The van der Waals surface area contributed by atoms with Crippen LogP contribution in [-0.4, -0.2) is 28.2 Å². The molecular formula is C14H16N6O2S. The first-order chi connectivity index (χ1) is 10.8. The quantitative estimate of drug-likeness (QED) is 0.700. The zero-order valence-corrected chi connectivity index (χ0v) is 13.7. The van der Waals surface area contributed by atoms with Gasteiger partial charge in [0.1, 0.15) is 23.0 Å². The Labute approximate surface area is 138 Å². The molecule has 1 aromatic rings. The SMILES string of the molecule is CC(C)NC(=O)NC(=O)[C@@H](C)Sc1nc(N)c(C#N)cc1C#N. The van der Waals surface area contributed by atoms with Crippen molar-refractivity contribution >= 4 is 29.5 Å². The number of imide groups is 1. The van der Waals surface area contributed by atoms with Crippen molar-refractivity contribution in [3.05, 3.63) is 17.2 Å². The van der Waals surface area contributed by atoms with E-state index in [-0.39, 0.29) is 28.0 Å². The summed E-state index contributed by atoms with van der Waals surface area (Å²) in [5.74, 6) is -0.541. The molecule has 4 N–H and O–H groups in total. The van der Waals surface area contributed by atoms with Gasteiger partial charge in [0.05, 0.1) is 16.4 Å². The molecule has 0 saturated carbocycles. The zero-order valence-electron chi connectivity index (χ0n) is 12.9. The average molecular weight is 332 g/mol. The van der Waals surface area contributed by atoms with Crippen molar-refractivity contribution in [1.82, 2.24) is 15.6 Å². The molecule has 0 spiro atoms. The number of urea groups is 1. The van der Waals surface area contributed by atoms with E-state index in [9.17, 15) is 9.59 Å². The monoisotopic (exact) mass is 332 g/mol. The number of nitrogens with one attached hydrogen (secondary N) is 2. The van der Waals surface area contributed by atoms with Gasteiger partial charge in [-0.1, -0.05) is 11.8 Å². The Bertz CT molecular complexity index is 704. The molecule has 1 heterocycles. The third kappa shape index (κ3) is 5.16. The predicted molar refractivity (Wildman–Crippen MR) is 85.2 cm³/mol. The van der Waals surface area contributed by atoms with Crippen LogP contribution in [0.5, 0.6) is 0 Å². The number of nitrogens with zero attached hydrogens (tertiary/aromatic N) is 3. The van der Waals surface area contributed by atoms with Crippen LogP contribution in [0.25, 0.3) is 0 Å². The summed E-state index contributed by atoms with van der Waals surface area (Å²) in [6.45, 7) is 5.11. The van der Waals surface area contributed by atoms with Crippen LogP contribution in [0, 0.1) is 22.7 Å². The van der Waals surface area contributed by atoms with Crippen LogP contribution in [0.3, 0.4) is 0 Å². The second-order valence-corrected chi connectivity index (χ2v) is 6.20. The number of carbonyl (C=O) groups is 2. The molecular weight excluding hydrogens is 316 g/mol. The van der Waals surface area contributed by atoms with Crippen LogP contribution in [0.4, 0.5) is 10.6 Å². The maximum atomic E-state index is 12.0. The van der Waals surface area contributed by atoms with Crippen molar-refractivity contribution in [2.45, 2.75) is 37.1 Å². The lowest BCUT2D eigenvalue weighted by Crippen LogP contribution is -2.45. The third-order valence-electron chi connectivity index (χ3n) is 2.57. The molecule has 0 aliphatic carbocycles. The summed E-state index contributed by atoms with van der Waals surface area (Å²) in [5, 5.41) is 22.3. The summed E-state index contributed by atoms with van der Waals surface area (Å²) < 4.78 is 0. The van der Waals surface area contributed by atoms with Gasteiger partial charge in [-0.25, -0.2) is 9.78 Å². The predicted octanol–water partition coefficient (Wildman–Crippen LogP) is 1.12. The van der Waals surface area contributed by atoms with Crippen LogP contribution >= 0.6 is 11.8 Å². The molecule has 0 fully saturated rings. The van der Waals surface area contributed by atoms with Crippen molar-refractivity contribution < 1.29 is 9.59 Å². The van der Waals surface area contributed by atoms with Gasteiger partial charge >= 0.3 is 6.03 Å². The van der Waals surface area contributed by atoms with Crippen LogP contribution in [0.15, 0.2) is 11.1 Å². The van der Waals surface area contributed by atoms with Crippen LogP contribution in [0.2, 0.25) is 0 Å². The Hall–Kier alpha value is -2.78. The largest absolute Gasteiger partial charge is 0.383 e.